The van der Waals surface area contributed by atoms with Gasteiger partial charge in [0.25, 0.3) is 5.91 Å². The number of rotatable bonds is 4. The van der Waals surface area contributed by atoms with E-state index in [4.69, 9.17) is 29.6 Å². The maximum atomic E-state index is 12.3. The van der Waals surface area contributed by atoms with Gasteiger partial charge in [-0.05, 0) is 41.1 Å². The predicted molar refractivity (Wildman–Crippen MR) is 82.1 cm³/mol. The number of hydrogen-bond donors (Lipinski definition) is 1. The fourth-order valence-corrected chi connectivity index (χ4v) is 2.57. The average Bonchev–Trinajstić information content (AvgIpc) is 2.26. The Morgan fingerprint density at radius 1 is 1.61 bits per heavy atom. The molecule has 0 aliphatic rings. The van der Waals surface area contributed by atoms with E-state index in [2.05, 4.69) is 15.9 Å². The van der Waals surface area contributed by atoms with Gasteiger partial charge in [-0.3, -0.25) is 4.79 Å². The van der Waals surface area contributed by atoms with E-state index in [1.54, 1.807) is 30.1 Å². The van der Waals surface area contributed by atoms with Gasteiger partial charge in [0.2, 0.25) is 0 Å². The Kier molecular flexibility index (Phi) is 5.56. The summed E-state index contributed by atoms with van der Waals surface area (Å²) in [7, 11) is 1.73. The summed E-state index contributed by atoms with van der Waals surface area (Å²) >= 11 is 14.0. The number of amides is 1. The first-order valence-corrected chi connectivity index (χ1v) is 6.91. The molecule has 1 unspecified atom stereocenters. The van der Waals surface area contributed by atoms with Gasteiger partial charge in [-0.15, -0.1) is 0 Å². The van der Waals surface area contributed by atoms with Crippen LogP contribution in [0.5, 0.6) is 0 Å². The van der Waals surface area contributed by atoms with Gasteiger partial charge in [0.1, 0.15) is 0 Å². The van der Waals surface area contributed by atoms with Crippen LogP contribution in [0.4, 0.5) is 0 Å². The summed E-state index contributed by atoms with van der Waals surface area (Å²) in [5.41, 5.74) is 6.05. The van der Waals surface area contributed by atoms with Crippen molar-refractivity contribution in [1.29, 1.82) is 0 Å². The number of nitrogens with two attached hydrogens (primary N) is 1. The van der Waals surface area contributed by atoms with E-state index < -0.39 is 0 Å². The summed E-state index contributed by atoms with van der Waals surface area (Å²) in [6.07, 6.45) is 0.503. The second-order valence-corrected chi connectivity index (χ2v) is 5.87. The molecule has 18 heavy (non-hydrogen) atoms. The van der Waals surface area contributed by atoms with Gasteiger partial charge in [-0.2, -0.15) is 0 Å². The van der Waals surface area contributed by atoms with E-state index in [9.17, 15) is 4.79 Å². The quantitative estimate of drug-likeness (QED) is 0.849. The average molecular weight is 350 g/mol. The van der Waals surface area contributed by atoms with Crippen molar-refractivity contribution in [3.8, 4) is 0 Å². The van der Waals surface area contributed by atoms with Crippen LogP contribution in [0.2, 0.25) is 5.02 Å². The number of thiocarbonyl (C=S) groups is 1. The highest BCUT2D eigenvalue weighted by Crippen LogP contribution is 2.23. The van der Waals surface area contributed by atoms with Gasteiger partial charge in [-0.25, -0.2) is 0 Å². The molecule has 0 heterocycles. The lowest BCUT2D eigenvalue weighted by Gasteiger charge is -2.25. The van der Waals surface area contributed by atoms with Crippen LogP contribution in [-0.2, 0) is 0 Å². The molecule has 1 aromatic carbocycles. The molecule has 1 amide bonds. The third-order valence-electron chi connectivity index (χ3n) is 2.64. The highest BCUT2D eigenvalue weighted by molar-refractivity contribution is 9.10. The standard InChI is InChI=1S/C12H14BrClN2OS/c1-7(5-11(15)18)16(2)12(17)9-4-3-8(14)6-10(9)13/h3-4,6-7H,5H2,1-2H3,(H2,15,18). The van der Waals surface area contributed by atoms with Crippen molar-refractivity contribution in [2.75, 3.05) is 7.05 Å². The third-order valence-corrected chi connectivity index (χ3v) is 3.70. The normalized spacial score (nSPS) is 12.0. The van der Waals surface area contributed by atoms with Gasteiger partial charge >= 0.3 is 0 Å². The summed E-state index contributed by atoms with van der Waals surface area (Å²) < 4.78 is 0.675. The third kappa shape index (κ3) is 3.93. The van der Waals surface area contributed by atoms with Crippen LogP contribution < -0.4 is 5.73 Å². The lowest BCUT2D eigenvalue weighted by molar-refractivity contribution is 0.0747. The molecule has 98 valence electrons. The molecular formula is C12H14BrClN2OS. The molecule has 0 aliphatic carbocycles. The summed E-state index contributed by atoms with van der Waals surface area (Å²) in [4.78, 5) is 14.3. The highest BCUT2D eigenvalue weighted by Gasteiger charge is 2.20. The van der Waals surface area contributed by atoms with Gasteiger partial charge in [0.05, 0.1) is 10.6 Å². The minimum Gasteiger partial charge on any atom is -0.393 e. The number of benzene rings is 1. The topological polar surface area (TPSA) is 46.3 Å². The van der Waals surface area contributed by atoms with Gasteiger partial charge in [-0.1, -0.05) is 23.8 Å². The molecular weight excluding hydrogens is 336 g/mol. The number of halogens is 2. The molecule has 1 rings (SSSR count). The summed E-state index contributed by atoms with van der Waals surface area (Å²) in [6, 6.07) is 5.03. The Morgan fingerprint density at radius 3 is 2.72 bits per heavy atom. The van der Waals surface area contributed by atoms with E-state index >= 15 is 0 Å². The van der Waals surface area contributed by atoms with Crippen molar-refractivity contribution in [2.24, 2.45) is 5.73 Å². The first-order chi connectivity index (χ1) is 8.32. The minimum atomic E-state index is -0.0951. The Hall–Kier alpha value is -0.650. The fourth-order valence-electron chi connectivity index (χ4n) is 1.48. The molecule has 2 N–H and O–H groups in total. The summed E-state index contributed by atoms with van der Waals surface area (Å²) in [6.45, 7) is 1.90. The largest absolute Gasteiger partial charge is 0.393 e. The Bertz CT molecular complexity index is 481. The fraction of sp³-hybridized carbons (Fsp3) is 0.333. The maximum Gasteiger partial charge on any atom is 0.254 e. The zero-order chi connectivity index (χ0) is 13.9. The van der Waals surface area contributed by atoms with Crippen molar-refractivity contribution in [3.05, 3.63) is 33.3 Å². The van der Waals surface area contributed by atoms with Crippen molar-refractivity contribution < 1.29 is 4.79 Å². The van der Waals surface area contributed by atoms with E-state index in [1.165, 1.54) is 0 Å². The van der Waals surface area contributed by atoms with Crippen molar-refractivity contribution in [1.82, 2.24) is 4.90 Å². The van der Waals surface area contributed by atoms with E-state index in [0.29, 0.717) is 26.5 Å². The van der Waals surface area contributed by atoms with Crippen LogP contribution in [0.3, 0.4) is 0 Å². The first-order valence-electron chi connectivity index (χ1n) is 5.33. The molecule has 0 fully saturated rings. The molecule has 0 aromatic heterocycles. The molecule has 0 spiro atoms. The molecule has 0 bridgehead atoms. The monoisotopic (exact) mass is 348 g/mol. The number of hydrogen-bond acceptors (Lipinski definition) is 2. The molecule has 0 saturated carbocycles. The van der Waals surface area contributed by atoms with Crippen LogP contribution in [0.1, 0.15) is 23.7 Å². The lowest BCUT2D eigenvalue weighted by Crippen LogP contribution is -2.37. The molecule has 0 saturated heterocycles. The molecule has 0 radical (unpaired) electrons. The van der Waals surface area contributed by atoms with Crippen LogP contribution in [0, 0.1) is 0 Å². The van der Waals surface area contributed by atoms with Gasteiger partial charge in [0.15, 0.2) is 0 Å². The zero-order valence-corrected chi connectivity index (χ0v) is 13.3. The Balaban J connectivity index is 2.89. The molecule has 6 heteroatoms. The second kappa shape index (κ2) is 6.50. The Labute approximate surface area is 125 Å². The number of carbonyl (C=O) groups excluding carboxylic acids is 1. The van der Waals surface area contributed by atoms with E-state index in [-0.39, 0.29) is 11.9 Å². The molecule has 1 aromatic rings. The van der Waals surface area contributed by atoms with Crippen molar-refractivity contribution >= 4 is 50.6 Å². The molecule has 1 atom stereocenters. The van der Waals surface area contributed by atoms with E-state index in [0.717, 1.165) is 0 Å². The van der Waals surface area contributed by atoms with Crippen molar-refractivity contribution in [3.63, 3.8) is 0 Å². The summed E-state index contributed by atoms with van der Waals surface area (Å²) in [5, 5.41) is 0.581. The minimum absolute atomic E-state index is 0.0439. The smallest absolute Gasteiger partial charge is 0.254 e. The maximum absolute atomic E-state index is 12.3. The predicted octanol–water partition coefficient (Wildman–Crippen LogP) is 3.24. The second-order valence-electron chi connectivity index (χ2n) is 4.06. The first kappa shape index (κ1) is 15.4. The molecule has 0 aliphatic heterocycles. The van der Waals surface area contributed by atoms with Crippen LogP contribution in [0.15, 0.2) is 22.7 Å². The SMILES string of the molecule is CC(CC(N)=S)N(C)C(=O)c1ccc(Cl)cc1Br. The lowest BCUT2D eigenvalue weighted by atomic mass is 10.1. The molecule has 3 nitrogen and oxygen atoms in total. The number of nitrogens with zero attached hydrogens (tertiary/aromatic N) is 1. The summed E-state index contributed by atoms with van der Waals surface area (Å²) in [5.74, 6) is -0.0951. The Morgan fingerprint density at radius 2 is 2.22 bits per heavy atom. The van der Waals surface area contributed by atoms with E-state index in [1.807, 2.05) is 6.92 Å². The zero-order valence-electron chi connectivity index (χ0n) is 10.1. The number of carbonyl (C=O) groups is 1. The van der Waals surface area contributed by atoms with Gasteiger partial charge in [0, 0.05) is 29.0 Å². The van der Waals surface area contributed by atoms with Crippen LogP contribution in [0.25, 0.3) is 0 Å². The van der Waals surface area contributed by atoms with Crippen LogP contribution >= 0.6 is 39.7 Å². The van der Waals surface area contributed by atoms with Gasteiger partial charge < -0.3 is 10.6 Å². The van der Waals surface area contributed by atoms with Crippen LogP contribution in [-0.4, -0.2) is 28.9 Å². The van der Waals surface area contributed by atoms with Crippen molar-refractivity contribution in [2.45, 2.75) is 19.4 Å². The highest BCUT2D eigenvalue weighted by atomic mass is 79.9.